The molecule has 102 valence electrons. The minimum absolute atomic E-state index is 0.186. The minimum atomic E-state index is 0.186. The molecule has 0 fully saturated rings. The van der Waals surface area contributed by atoms with Crippen molar-refractivity contribution < 1.29 is 9.52 Å². The summed E-state index contributed by atoms with van der Waals surface area (Å²) < 4.78 is 5.85. The number of aryl methyl sites for hydroxylation is 1. The summed E-state index contributed by atoms with van der Waals surface area (Å²) in [6.07, 6.45) is 0. The molecule has 4 rings (SSSR count). The van der Waals surface area contributed by atoms with Gasteiger partial charge in [0.1, 0.15) is 11.3 Å². The highest BCUT2D eigenvalue weighted by atomic mass is 16.3. The maximum Gasteiger partial charge on any atom is 0.231 e. The highest BCUT2D eigenvalue weighted by molar-refractivity contribution is 5.95. The third kappa shape index (κ3) is 1.86. The van der Waals surface area contributed by atoms with E-state index in [0.717, 1.165) is 27.4 Å². The van der Waals surface area contributed by atoms with Crippen molar-refractivity contribution in [1.82, 2.24) is 4.98 Å². The van der Waals surface area contributed by atoms with Crippen molar-refractivity contribution in [3.63, 3.8) is 0 Å². The predicted octanol–water partition coefficient (Wildman–Crippen LogP) is 4.66. The summed E-state index contributed by atoms with van der Waals surface area (Å²) in [6, 6.07) is 17.5. The van der Waals surface area contributed by atoms with Crippen LogP contribution in [0.1, 0.15) is 5.56 Å². The van der Waals surface area contributed by atoms with Crippen LogP contribution in [-0.4, -0.2) is 10.1 Å². The first-order valence-corrected chi connectivity index (χ1v) is 6.81. The standard InChI is InChI=1S/C18H13NO2/c1-11-5-4-8-15(20)17(11)18-19-14-9-12-6-2-3-7-13(12)10-16(14)21-18/h2-10,20H,1H3. The Hall–Kier alpha value is -2.81. The molecule has 3 aromatic carbocycles. The summed E-state index contributed by atoms with van der Waals surface area (Å²) in [5, 5.41) is 12.3. The Morgan fingerprint density at radius 3 is 2.48 bits per heavy atom. The molecule has 0 aliphatic heterocycles. The van der Waals surface area contributed by atoms with Crippen LogP contribution in [0, 0.1) is 6.92 Å². The number of rotatable bonds is 1. The van der Waals surface area contributed by atoms with E-state index in [2.05, 4.69) is 4.98 Å². The van der Waals surface area contributed by atoms with Crippen molar-refractivity contribution in [2.24, 2.45) is 0 Å². The number of phenolic OH excluding ortho intramolecular Hbond substituents is 1. The lowest BCUT2D eigenvalue weighted by atomic mass is 10.1. The van der Waals surface area contributed by atoms with Crippen LogP contribution in [0.4, 0.5) is 0 Å². The molecule has 0 aliphatic carbocycles. The van der Waals surface area contributed by atoms with Crippen LogP contribution in [0.5, 0.6) is 5.75 Å². The summed E-state index contributed by atoms with van der Waals surface area (Å²) in [4.78, 5) is 4.53. The fourth-order valence-corrected chi connectivity index (χ4v) is 2.65. The van der Waals surface area contributed by atoms with Crippen LogP contribution in [0.15, 0.2) is 59.0 Å². The monoisotopic (exact) mass is 275 g/mol. The van der Waals surface area contributed by atoms with Crippen molar-refractivity contribution >= 4 is 21.9 Å². The van der Waals surface area contributed by atoms with E-state index < -0.39 is 0 Å². The summed E-state index contributed by atoms with van der Waals surface area (Å²) in [5.74, 6) is 0.641. The maximum atomic E-state index is 10.1. The quantitative estimate of drug-likeness (QED) is 0.549. The normalized spacial score (nSPS) is 11.3. The van der Waals surface area contributed by atoms with E-state index in [1.165, 1.54) is 0 Å². The van der Waals surface area contributed by atoms with Gasteiger partial charge < -0.3 is 9.52 Å². The van der Waals surface area contributed by atoms with Crippen LogP contribution >= 0.6 is 0 Å². The largest absolute Gasteiger partial charge is 0.507 e. The van der Waals surface area contributed by atoms with E-state index >= 15 is 0 Å². The van der Waals surface area contributed by atoms with Crippen LogP contribution in [-0.2, 0) is 0 Å². The van der Waals surface area contributed by atoms with Crippen molar-refractivity contribution in [3.8, 4) is 17.2 Å². The fourth-order valence-electron chi connectivity index (χ4n) is 2.65. The van der Waals surface area contributed by atoms with Crippen LogP contribution in [0.3, 0.4) is 0 Å². The van der Waals surface area contributed by atoms with Gasteiger partial charge in [0.25, 0.3) is 0 Å². The van der Waals surface area contributed by atoms with Gasteiger partial charge in [-0.2, -0.15) is 0 Å². The van der Waals surface area contributed by atoms with Crippen molar-refractivity contribution in [2.75, 3.05) is 0 Å². The van der Waals surface area contributed by atoms with E-state index in [4.69, 9.17) is 4.42 Å². The second kappa shape index (κ2) is 4.35. The second-order valence-electron chi connectivity index (χ2n) is 5.16. The van der Waals surface area contributed by atoms with E-state index in [9.17, 15) is 5.11 Å². The SMILES string of the molecule is Cc1cccc(O)c1-c1nc2cc3ccccc3cc2o1. The Kier molecular flexibility index (Phi) is 2.48. The summed E-state index contributed by atoms with van der Waals surface area (Å²) in [5.41, 5.74) is 3.11. The van der Waals surface area contributed by atoms with Gasteiger partial charge in [0, 0.05) is 0 Å². The topological polar surface area (TPSA) is 46.3 Å². The molecule has 21 heavy (non-hydrogen) atoms. The van der Waals surface area contributed by atoms with Crippen molar-refractivity contribution in [3.05, 3.63) is 60.2 Å². The van der Waals surface area contributed by atoms with Crippen LogP contribution in [0.25, 0.3) is 33.3 Å². The van der Waals surface area contributed by atoms with Gasteiger partial charge in [-0.1, -0.05) is 36.4 Å². The Morgan fingerprint density at radius 1 is 0.952 bits per heavy atom. The molecule has 0 saturated carbocycles. The Bertz CT molecular complexity index is 897. The molecule has 0 aliphatic rings. The molecule has 4 aromatic rings. The third-order valence-corrected chi connectivity index (χ3v) is 3.72. The van der Waals surface area contributed by atoms with Gasteiger partial charge >= 0.3 is 0 Å². The zero-order valence-corrected chi connectivity index (χ0v) is 11.5. The molecule has 1 aromatic heterocycles. The highest BCUT2D eigenvalue weighted by Crippen LogP contribution is 2.34. The lowest BCUT2D eigenvalue weighted by Gasteiger charge is -2.03. The van der Waals surface area contributed by atoms with E-state index in [0.29, 0.717) is 11.5 Å². The maximum absolute atomic E-state index is 10.1. The van der Waals surface area contributed by atoms with Crippen LogP contribution in [0.2, 0.25) is 0 Å². The Morgan fingerprint density at radius 2 is 1.71 bits per heavy atom. The number of aromatic nitrogens is 1. The summed E-state index contributed by atoms with van der Waals surface area (Å²) in [6.45, 7) is 1.93. The predicted molar refractivity (Wildman–Crippen MR) is 83.4 cm³/mol. The first kappa shape index (κ1) is 12.0. The van der Waals surface area contributed by atoms with E-state index in [-0.39, 0.29) is 5.75 Å². The Labute approximate surface area is 121 Å². The van der Waals surface area contributed by atoms with Crippen molar-refractivity contribution in [2.45, 2.75) is 6.92 Å². The average Bonchev–Trinajstić information content (AvgIpc) is 2.86. The average molecular weight is 275 g/mol. The van der Waals surface area contributed by atoms with Gasteiger partial charge in [-0.25, -0.2) is 4.98 Å². The number of oxazole rings is 1. The van der Waals surface area contributed by atoms with Gasteiger partial charge in [0.15, 0.2) is 5.58 Å². The number of hydrogen-bond acceptors (Lipinski definition) is 3. The lowest BCUT2D eigenvalue weighted by Crippen LogP contribution is -1.83. The number of benzene rings is 3. The number of fused-ring (bicyclic) bond motifs is 2. The molecule has 0 saturated heterocycles. The van der Waals surface area contributed by atoms with Crippen LogP contribution < -0.4 is 0 Å². The molecule has 0 unspecified atom stereocenters. The first-order chi connectivity index (χ1) is 10.2. The summed E-state index contributed by atoms with van der Waals surface area (Å²) in [7, 11) is 0. The molecular formula is C18H13NO2. The zero-order chi connectivity index (χ0) is 14.4. The number of hydrogen-bond donors (Lipinski definition) is 1. The summed E-state index contributed by atoms with van der Waals surface area (Å²) >= 11 is 0. The van der Waals surface area contributed by atoms with Gasteiger partial charge in [-0.3, -0.25) is 0 Å². The smallest absolute Gasteiger partial charge is 0.231 e. The van der Waals surface area contributed by atoms with E-state index in [1.54, 1.807) is 6.07 Å². The molecule has 0 atom stereocenters. The van der Waals surface area contributed by atoms with Crippen molar-refractivity contribution in [1.29, 1.82) is 0 Å². The lowest BCUT2D eigenvalue weighted by molar-refractivity contribution is 0.473. The Balaban J connectivity index is 2.00. The molecule has 3 nitrogen and oxygen atoms in total. The molecule has 1 heterocycles. The number of phenols is 1. The van der Waals surface area contributed by atoms with Gasteiger partial charge in [-0.15, -0.1) is 0 Å². The molecule has 0 spiro atoms. The molecular weight excluding hydrogens is 262 g/mol. The molecule has 0 bridgehead atoms. The number of nitrogens with zero attached hydrogens (tertiary/aromatic N) is 1. The molecule has 0 amide bonds. The van der Waals surface area contributed by atoms with Gasteiger partial charge in [0.05, 0.1) is 5.56 Å². The number of aromatic hydroxyl groups is 1. The fraction of sp³-hybridized carbons (Fsp3) is 0.0556. The van der Waals surface area contributed by atoms with Gasteiger partial charge in [-0.05, 0) is 41.5 Å². The highest BCUT2D eigenvalue weighted by Gasteiger charge is 2.14. The molecule has 0 radical (unpaired) electrons. The third-order valence-electron chi connectivity index (χ3n) is 3.72. The zero-order valence-electron chi connectivity index (χ0n) is 11.5. The second-order valence-corrected chi connectivity index (χ2v) is 5.16. The minimum Gasteiger partial charge on any atom is -0.507 e. The van der Waals surface area contributed by atoms with Gasteiger partial charge in [0.2, 0.25) is 5.89 Å². The molecule has 3 heteroatoms. The first-order valence-electron chi connectivity index (χ1n) is 6.81. The van der Waals surface area contributed by atoms with E-state index in [1.807, 2.05) is 55.5 Å². The molecule has 1 N–H and O–H groups in total.